The number of nitrogens with zero attached hydrogens (tertiary/aromatic N) is 4. The van der Waals surface area contributed by atoms with Crippen molar-refractivity contribution < 1.29 is 4.74 Å². The summed E-state index contributed by atoms with van der Waals surface area (Å²) in [6.45, 7) is 3.53. The average molecular weight is 411 g/mol. The summed E-state index contributed by atoms with van der Waals surface area (Å²) in [5.74, 6) is 0.865. The van der Waals surface area contributed by atoms with Gasteiger partial charge < -0.3 is 14.5 Å². The molecular formula is C22H23ClN4O2. The van der Waals surface area contributed by atoms with E-state index in [-0.39, 0.29) is 10.6 Å². The summed E-state index contributed by atoms with van der Waals surface area (Å²) in [6.07, 6.45) is 1.70. The molecular weight excluding hydrogens is 388 g/mol. The number of anilines is 2. The van der Waals surface area contributed by atoms with Gasteiger partial charge in [0.1, 0.15) is 10.8 Å². The van der Waals surface area contributed by atoms with E-state index in [2.05, 4.69) is 21.0 Å². The Labute approximate surface area is 174 Å². The van der Waals surface area contributed by atoms with Crippen LogP contribution in [0.25, 0.3) is 0 Å². The van der Waals surface area contributed by atoms with Crippen molar-refractivity contribution in [2.45, 2.75) is 6.54 Å². The van der Waals surface area contributed by atoms with E-state index in [4.69, 9.17) is 16.3 Å². The van der Waals surface area contributed by atoms with E-state index in [1.54, 1.807) is 13.3 Å². The van der Waals surface area contributed by atoms with Crippen molar-refractivity contribution in [1.29, 1.82) is 0 Å². The van der Waals surface area contributed by atoms with Crippen LogP contribution in [0.5, 0.6) is 5.75 Å². The molecule has 1 aliphatic heterocycles. The summed E-state index contributed by atoms with van der Waals surface area (Å²) in [7, 11) is 1.69. The first-order chi connectivity index (χ1) is 14.2. The van der Waals surface area contributed by atoms with E-state index in [0.29, 0.717) is 12.2 Å². The molecule has 3 aromatic rings. The van der Waals surface area contributed by atoms with Gasteiger partial charge in [0.15, 0.2) is 0 Å². The quantitative estimate of drug-likeness (QED) is 0.646. The number of benzene rings is 2. The SMILES string of the molecule is COc1ccccc1N1CCN(c2cnn(Cc3ccccc3)c(=O)c2Cl)CC1. The summed E-state index contributed by atoms with van der Waals surface area (Å²) >= 11 is 6.45. The van der Waals surface area contributed by atoms with Crippen molar-refractivity contribution in [3.8, 4) is 5.75 Å². The molecule has 29 heavy (non-hydrogen) atoms. The fourth-order valence-electron chi connectivity index (χ4n) is 3.63. The largest absolute Gasteiger partial charge is 0.495 e. The molecule has 0 spiro atoms. The number of ether oxygens (including phenoxy) is 1. The summed E-state index contributed by atoms with van der Waals surface area (Å²) < 4.78 is 6.89. The van der Waals surface area contributed by atoms with Crippen molar-refractivity contribution in [2.75, 3.05) is 43.1 Å². The third kappa shape index (κ3) is 4.07. The normalized spacial score (nSPS) is 14.1. The maximum absolute atomic E-state index is 12.7. The van der Waals surface area contributed by atoms with Gasteiger partial charge in [-0.25, -0.2) is 4.68 Å². The van der Waals surface area contributed by atoms with E-state index in [0.717, 1.165) is 43.2 Å². The summed E-state index contributed by atoms with van der Waals surface area (Å²) in [5, 5.41) is 4.58. The van der Waals surface area contributed by atoms with Gasteiger partial charge in [-0.2, -0.15) is 5.10 Å². The molecule has 0 unspecified atom stereocenters. The van der Waals surface area contributed by atoms with Gasteiger partial charge in [-0.3, -0.25) is 4.79 Å². The Hall–Kier alpha value is -2.99. The van der Waals surface area contributed by atoms with Gasteiger partial charge >= 0.3 is 0 Å². The van der Waals surface area contributed by atoms with E-state index < -0.39 is 0 Å². The molecule has 1 aromatic heterocycles. The molecule has 0 radical (unpaired) electrons. The molecule has 0 N–H and O–H groups in total. The Bertz CT molecular complexity index is 1030. The summed E-state index contributed by atoms with van der Waals surface area (Å²) in [6, 6.07) is 17.8. The van der Waals surface area contributed by atoms with E-state index >= 15 is 0 Å². The second-order valence-electron chi connectivity index (χ2n) is 6.94. The molecule has 2 heterocycles. The van der Waals surface area contributed by atoms with Crippen LogP contribution in [-0.2, 0) is 6.54 Å². The summed E-state index contributed by atoms with van der Waals surface area (Å²) in [4.78, 5) is 17.1. The molecule has 4 rings (SSSR count). The van der Waals surface area contributed by atoms with Crippen LogP contribution < -0.4 is 20.1 Å². The number of aromatic nitrogens is 2. The number of para-hydroxylation sites is 2. The van der Waals surface area contributed by atoms with Crippen LogP contribution in [0.15, 0.2) is 65.6 Å². The number of hydrogen-bond donors (Lipinski definition) is 0. The van der Waals surface area contributed by atoms with Crippen LogP contribution in [0.1, 0.15) is 5.56 Å². The lowest BCUT2D eigenvalue weighted by molar-refractivity contribution is 0.413. The van der Waals surface area contributed by atoms with E-state index in [1.165, 1.54) is 4.68 Å². The third-order valence-electron chi connectivity index (χ3n) is 5.19. The zero-order valence-corrected chi connectivity index (χ0v) is 17.0. The third-order valence-corrected chi connectivity index (χ3v) is 5.54. The van der Waals surface area contributed by atoms with Gasteiger partial charge in [-0.1, -0.05) is 54.1 Å². The fourth-order valence-corrected chi connectivity index (χ4v) is 3.89. The highest BCUT2D eigenvalue weighted by atomic mass is 35.5. The smallest absolute Gasteiger partial charge is 0.287 e. The average Bonchev–Trinajstić information content (AvgIpc) is 2.78. The Morgan fingerprint density at radius 3 is 2.24 bits per heavy atom. The van der Waals surface area contributed by atoms with Gasteiger partial charge in [-0.05, 0) is 17.7 Å². The molecule has 1 saturated heterocycles. The zero-order chi connectivity index (χ0) is 20.2. The predicted octanol–water partition coefficient (Wildman–Crippen LogP) is 3.28. The number of hydrogen-bond acceptors (Lipinski definition) is 5. The van der Waals surface area contributed by atoms with Crippen LogP contribution in [0.2, 0.25) is 5.02 Å². The van der Waals surface area contributed by atoms with Gasteiger partial charge in [0.25, 0.3) is 5.56 Å². The molecule has 6 nitrogen and oxygen atoms in total. The topological polar surface area (TPSA) is 50.6 Å². The maximum atomic E-state index is 12.7. The van der Waals surface area contributed by atoms with Gasteiger partial charge in [0.2, 0.25) is 0 Å². The van der Waals surface area contributed by atoms with Crippen molar-refractivity contribution in [1.82, 2.24) is 9.78 Å². The van der Waals surface area contributed by atoms with Gasteiger partial charge in [0, 0.05) is 26.2 Å². The lowest BCUT2D eigenvalue weighted by Gasteiger charge is -2.37. The lowest BCUT2D eigenvalue weighted by atomic mass is 10.2. The van der Waals surface area contributed by atoms with Crippen molar-refractivity contribution >= 4 is 23.0 Å². The highest BCUT2D eigenvalue weighted by Gasteiger charge is 2.23. The molecule has 150 valence electrons. The minimum absolute atomic E-state index is 0.224. The van der Waals surface area contributed by atoms with Crippen LogP contribution in [0.3, 0.4) is 0 Å². The summed E-state index contributed by atoms with van der Waals surface area (Å²) in [5.41, 5.74) is 2.52. The first-order valence-corrected chi connectivity index (χ1v) is 9.97. The number of rotatable bonds is 5. The molecule has 0 amide bonds. The Kier molecular flexibility index (Phi) is 5.71. The van der Waals surface area contributed by atoms with Crippen LogP contribution in [0, 0.1) is 0 Å². The second-order valence-corrected chi connectivity index (χ2v) is 7.32. The lowest BCUT2D eigenvalue weighted by Crippen LogP contribution is -2.47. The monoisotopic (exact) mass is 410 g/mol. The molecule has 0 bridgehead atoms. The first-order valence-electron chi connectivity index (χ1n) is 9.60. The molecule has 7 heteroatoms. The molecule has 0 atom stereocenters. The standard InChI is InChI=1S/C22H23ClN4O2/c1-29-20-10-6-5-9-18(20)25-11-13-26(14-12-25)19-15-24-27(22(28)21(19)23)16-17-7-3-2-4-8-17/h2-10,15H,11-14,16H2,1H3. The first kappa shape index (κ1) is 19.3. The van der Waals surface area contributed by atoms with Crippen LogP contribution >= 0.6 is 11.6 Å². The minimum atomic E-state index is -0.264. The number of piperazine rings is 1. The molecule has 2 aromatic carbocycles. The van der Waals surface area contributed by atoms with Crippen molar-refractivity contribution in [3.05, 3.63) is 81.7 Å². The van der Waals surface area contributed by atoms with Gasteiger partial charge in [-0.15, -0.1) is 0 Å². The molecule has 1 fully saturated rings. The molecule has 0 saturated carbocycles. The van der Waals surface area contributed by atoms with Crippen LogP contribution in [-0.4, -0.2) is 43.1 Å². The number of methoxy groups -OCH3 is 1. The molecule has 0 aliphatic carbocycles. The maximum Gasteiger partial charge on any atom is 0.287 e. The van der Waals surface area contributed by atoms with Crippen LogP contribution in [0.4, 0.5) is 11.4 Å². The minimum Gasteiger partial charge on any atom is -0.495 e. The zero-order valence-electron chi connectivity index (χ0n) is 16.3. The second kappa shape index (κ2) is 8.57. The van der Waals surface area contributed by atoms with E-state index in [9.17, 15) is 4.79 Å². The fraction of sp³-hybridized carbons (Fsp3) is 0.273. The highest BCUT2D eigenvalue weighted by Crippen LogP contribution is 2.30. The predicted molar refractivity (Wildman–Crippen MR) is 116 cm³/mol. The van der Waals surface area contributed by atoms with E-state index in [1.807, 2.05) is 48.5 Å². The van der Waals surface area contributed by atoms with Crippen molar-refractivity contribution in [3.63, 3.8) is 0 Å². The molecule has 1 aliphatic rings. The Morgan fingerprint density at radius 2 is 1.55 bits per heavy atom. The number of halogens is 1. The Balaban J connectivity index is 1.49. The van der Waals surface area contributed by atoms with Crippen molar-refractivity contribution in [2.24, 2.45) is 0 Å². The highest BCUT2D eigenvalue weighted by molar-refractivity contribution is 6.33. The van der Waals surface area contributed by atoms with Gasteiger partial charge in [0.05, 0.1) is 31.2 Å². The Morgan fingerprint density at radius 1 is 0.931 bits per heavy atom.